The van der Waals surface area contributed by atoms with Gasteiger partial charge in [-0.3, -0.25) is 13.9 Å². The summed E-state index contributed by atoms with van der Waals surface area (Å²) in [7, 11) is -4.16. The first kappa shape index (κ1) is 31.2. The lowest BCUT2D eigenvalue weighted by molar-refractivity contribution is -0.139. The number of nitrogens with zero attached hydrogens (tertiary/aromatic N) is 2. The molecule has 0 aliphatic carbocycles. The highest BCUT2D eigenvalue weighted by molar-refractivity contribution is 7.92. The molecule has 2 atom stereocenters. The topological polar surface area (TPSA) is 86.8 Å². The lowest BCUT2D eigenvalue weighted by Gasteiger charge is -2.33. The summed E-state index contributed by atoms with van der Waals surface area (Å²) in [6, 6.07) is 18.2. The number of sulfonamides is 1. The summed E-state index contributed by atoms with van der Waals surface area (Å²) in [5.74, 6) is -0.816. The van der Waals surface area contributed by atoms with E-state index >= 15 is 0 Å². The Labute approximate surface area is 243 Å². The molecule has 0 saturated heterocycles. The van der Waals surface area contributed by atoms with E-state index in [2.05, 4.69) is 5.32 Å². The second-order valence-corrected chi connectivity index (χ2v) is 12.6. The molecule has 0 fully saturated rings. The third-order valence-corrected chi connectivity index (χ3v) is 8.98. The molecule has 2 amide bonds. The van der Waals surface area contributed by atoms with Gasteiger partial charge in [-0.15, -0.1) is 0 Å². The zero-order valence-corrected chi connectivity index (χ0v) is 25.5. The molecule has 1 N–H and O–H groups in total. The van der Waals surface area contributed by atoms with Gasteiger partial charge in [0.15, 0.2) is 0 Å². The molecule has 0 radical (unpaired) electrons. The SMILES string of the molecule is CC[C@@H](C)NC(=O)[C@H](C)N(Cc1ccc(C)cc1)C(=O)CN(c1cc(Cl)ccc1C)S(=O)(=O)c1ccc(C)cc1. The van der Waals surface area contributed by atoms with E-state index in [0.29, 0.717) is 16.3 Å². The van der Waals surface area contributed by atoms with Crippen molar-refractivity contribution < 1.29 is 18.0 Å². The molecule has 0 aromatic heterocycles. The van der Waals surface area contributed by atoms with E-state index in [4.69, 9.17) is 11.6 Å². The smallest absolute Gasteiger partial charge is 0.264 e. The summed E-state index contributed by atoms with van der Waals surface area (Å²) in [6.07, 6.45) is 0.737. The molecule has 0 heterocycles. The Hall–Kier alpha value is -3.36. The number of carbonyl (C=O) groups is 2. The fourth-order valence-electron chi connectivity index (χ4n) is 4.14. The van der Waals surface area contributed by atoms with E-state index in [1.54, 1.807) is 44.2 Å². The van der Waals surface area contributed by atoms with Crippen molar-refractivity contribution in [3.05, 3.63) is 94.0 Å². The lowest BCUT2D eigenvalue weighted by Crippen LogP contribution is -2.52. The van der Waals surface area contributed by atoms with Crippen LogP contribution in [0.2, 0.25) is 5.02 Å². The normalized spacial score (nSPS) is 12.9. The highest BCUT2D eigenvalue weighted by Crippen LogP contribution is 2.30. The van der Waals surface area contributed by atoms with Crippen molar-refractivity contribution in [2.75, 3.05) is 10.8 Å². The molecule has 214 valence electrons. The van der Waals surface area contributed by atoms with Crippen molar-refractivity contribution in [3.8, 4) is 0 Å². The number of halogens is 1. The van der Waals surface area contributed by atoms with E-state index in [1.807, 2.05) is 52.0 Å². The predicted molar refractivity (Wildman–Crippen MR) is 161 cm³/mol. The van der Waals surface area contributed by atoms with Gasteiger partial charge >= 0.3 is 0 Å². The van der Waals surface area contributed by atoms with Gasteiger partial charge < -0.3 is 10.2 Å². The average molecular weight is 584 g/mol. The molecular formula is C31H38ClN3O4S. The van der Waals surface area contributed by atoms with E-state index in [1.165, 1.54) is 17.0 Å². The molecule has 3 aromatic rings. The van der Waals surface area contributed by atoms with Gasteiger partial charge in [-0.2, -0.15) is 0 Å². The quantitative estimate of drug-likeness (QED) is 0.309. The van der Waals surface area contributed by atoms with Crippen molar-refractivity contribution >= 4 is 39.1 Å². The number of hydrogen-bond acceptors (Lipinski definition) is 4. The molecule has 0 aliphatic rings. The molecule has 40 heavy (non-hydrogen) atoms. The van der Waals surface area contributed by atoms with Gasteiger partial charge in [0, 0.05) is 17.6 Å². The fourth-order valence-corrected chi connectivity index (χ4v) is 5.78. The monoisotopic (exact) mass is 583 g/mol. The number of carbonyl (C=O) groups excluding carboxylic acids is 2. The summed E-state index contributed by atoms with van der Waals surface area (Å²) >= 11 is 6.28. The van der Waals surface area contributed by atoms with Crippen LogP contribution in [0.25, 0.3) is 0 Å². The first-order valence-corrected chi connectivity index (χ1v) is 15.2. The maximum absolute atomic E-state index is 14.0. The third kappa shape index (κ3) is 7.64. The Morgan fingerprint density at radius 2 is 1.48 bits per heavy atom. The van der Waals surface area contributed by atoms with Gasteiger partial charge in [-0.1, -0.05) is 72.1 Å². The van der Waals surface area contributed by atoms with Crippen LogP contribution in [0.5, 0.6) is 0 Å². The molecule has 7 nitrogen and oxygen atoms in total. The van der Waals surface area contributed by atoms with E-state index in [0.717, 1.165) is 27.4 Å². The minimum absolute atomic E-state index is 0.0536. The number of hydrogen-bond donors (Lipinski definition) is 1. The predicted octanol–water partition coefficient (Wildman–Crippen LogP) is 5.79. The van der Waals surface area contributed by atoms with Crippen LogP contribution >= 0.6 is 11.6 Å². The van der Waals surface area contributed by atoms with Crippen molar-refractivity contribution in [1.29, 1.82) is 0 Å². The zero-order valence-electron chi connectivity index (χ0n) is 23.9. The van der Waals surface area contributed by atoms with Crippen LogP contribution < -0.4 is 9.62 Å². The Morgan fingerprint density at radius 1 is 0.900 bits per heavy atom. The number of rotatable bonds is 11. The standard InChI is InChI=1S/C31H38ClN3O4S/c1-7-24(5)33-31(37)25(6)34(19-26-13-8-21(2)9-14-26)30(36)20-35(29-18-27(32)15-12-23(29)4)40(38,39)28-16-10-22(3)11-17-28/h8-18,24-25H,7,19-20H2,1-6H3,(H,33,37)/t24-,25+/m1/s1. The van der Waals surface area contributed by atoms with Gasteiger partial charge in [0.25, 0.3) is 10.0 Å². The van der Waals surface area contributed by atoms with Gasteiger partial charge in [0.2, 0.25) is 11.8 Å². The van der Waals surface area contributed by atoms with Crippen molar-refractivity contribution in [2.24, 2.45) is 0 Å². The highest BCUT2D eigenvalue weighted by Gasteiger charge is 2.33. The number of anilines is 1. The molecule has 3 rings (SSSR count). The van der Waals surface area contributed by atoms with Crippen LogP contribution in [0.3, 0.4) is 0 Å². The molecule has 0 saturated carbocycles. The van der Waals surface area contributed by atoms with Crippen molar-refractivity contribution in [3.63, 3.8) is 0 Å². The Bertz CT molecular complexity index is 1440. The largest absolute Gasteiger partial charge is 0.352 e. The minimum atomic E-state index is -4.16. The van der Waals surface area contributed by atoms with Gasteiger partial charge in [-0.25, -0.2) is 8.42 Å². The molecular weight excluding hydrogens is 546 g/mol. The van der Waals surface area contributed by atoms with Gasteiger partial charge in [0.05, 0.1) is 10.6 Å². The molecule has 9 heteroatoms. The number of amides is 2. The van der Waals surface area contributed by atoms with Gasteiger partial charge in [0.1, 0.15) is 12.6 Å². The third-order valence-electron chi connectivity index (χ3n) is 6.97. The van der Waals surface area contributed by atoms with Crippen LogP contribution in [0.15, 0.2) is 71.6 Å². The van der Waals surface area contributed by atoms with Crippen molar-refractivity contribution in [2.45, 2.75) is 71.5 Å². The van der Waals surface area contributed by atoms with E-state index < -0.39 is 28.5 Å². The summed E-state index contributed by atoms with van der Waals surface area (Å²) in [6.45, 7) is 10.8. The van der Waals surface area contributed by atoms with E-state index in [9.17, 15) is 18.0 Å². The Kier molecular flexibility index (Phi) is 10.4. The first-order valence-electron chi connectivity index (χ1n) is 13.3. The summed E-state index contributed by atoms with van der Waals surface area (Å²) in [4.78, 5) is 28.7. The molecule has 0 bridgehead atoms. The molecule has 0 unspecified atom stereocenters. The van der Waals surface area contributed by atoms with Crippen molar-refractivity contribution in [1.82, 2.24) is 10.2 Å². The Balaban J connectivity index is 2.06. The second kappa shape index (κ2) is 13.3. The lowest BCUT2D eigenvalue weighted by atomic mass is 10.1. The zero-order chi connectivity index (χ0) is 29.6. The Morgan fingerprint density at radius 3 is 2.05 bits per heavy atom. The summed E-state index contributed by atoms with van der Waals surface area (Å²) in [5, 5.41) is 3.28. The summed E-state index contributed by atoms with van der Waals surface area (Å²) in [5.41, 5.74) is 3.74. The molecule has 3 aromatic carbocycles. The fraction of sp³-hybridized carbons (Fsp3) is 0.355. The van der Waals surface area contributed by atoms with Crippen LogP contribution in [0, 0.1) is 20.8 Å². The van der Waals surface area contributed by atoms with Crippen LogP contribution in [-0.4, -0.2) is 43.8 Å². The maximum Gasteiger partial charge on any atom is 0.264 e. The van der Waals surface area contributed by atoms with E-state index in [-0.39, 0.29) is 23.4 Å². The summed E-state index contributed by atoms with van der Waals surface area (Å²) < 4.78 is 29.1. The average Bonchev–Trinajstić information content (AvgIpc) is 2.92. The molecule has 0 spiro atoms. The first-order chi connectivity index (χ1) is 18.8. The number of benzene rings is 3. The minimum Gasteiger partial charge on any atom is -0.352 e. The molecule has 0 aliphatic heterocycles. The number of nitrogens with one attached hydrogen (secondary N) is 1. The second-order valence-electron chi connectivity index (χ2n) is 10.3. The van der Waals surface area contributed by atoms with Crippen LogP contribution in [-0.2, 0) is 26.2 Å². The maximum atomic E-state index is 14.0. The highest BCUT2D eigenvalue weighted by atomic mass is 35.5. The number of aryl methyl sites for hydroxylation is 3. The van der Waals surface area contributed by atoms with Gasteiger partial charge in [-0.05, 0) is 76.4 Å². The van der Waals surface area contributed by atoms with Crippen LogP contribution in [0.4, 0.5) is 5.69 Å². The van der Waals surface area contributed by atoms with Crippen LogP contribution in [0.1, 0.15) is 49.4 Å².